The number of nitrogens with one attached hydrogen (secondary N) is 4. The summed E-state index contributed by atoms with van der Waals surface area (Å²) in [7, 11) is 1.74. The van der Waals surface area contributed by atoms with Crippen LogP contribution in [0.5, 0.6) is 0 Å². The quantitative estimate of drug-likeness (QED) is 0.468. The Labute approximate surface area is 198 Å². The van der Waals surface area contributed by atoms with Gasteiger partial charge in [0.25, 0.3) is 5.91 Å². The van der Waals surface area contributed by atoms with Crippen LogP contribution in [0.2, 0.25) is 0 Å². The molecule has 34 heavy (non-hydrogen) atoms. The maximum Gasteiger partial charge on any atom is 0.407 e. The van der Waals surface area contributed by atoms with Crippen LogP contribution >= 0.6 is 0 Å². The fourth-order valence-electron chi connectivity index (χ4n) is 4.73. The lowest BCUT2D eigenvalue weighted by molar-refractivity contribution is -0.0179. The van der Waals surface area contributed by atoms with Gasteiger partial charge < -0.3 is 26.0 Å². The zero-order valence-corrected chi connectivity index (χ0v) is 19.9. The normalized spacial score (nSPS) is 23.3. The SMILES string of the molecule is CNc1cccc(NC(=O)c2ccc(F)nc2NC2CC3(CC(NC(=O)OC(C)(C)C)C3)C2)n1. The number of alkyl carbamates (subject to hydrolysis) is 1. The second-order valence-corrected chi connectivity index (χ2v) is 10.1. The third-order valence-corrected chi connectivity index (χ3v) is 6.13. The van der Waals surface area contributed by atoms with Crippen molar-refractivity contribution in [2.24, 2.45) is 5.41 Å². The molecule has 2 aliphatic carbocycles. The van der Waals surface area contributed by atoms with Gasteiger partial charge in [0.2, 0.25) is 5.95 Å². The van der Waals surface area contributed by atoms with E-state index < -0.39 is 23.5 Å². The Morgan fingerprint density at radius 2 is 1.71 bits per heavy atom. The van der Waals surface area contributed by atoms with Crippen LogP contribution in [0, 0.1) is 11.4 Å². The van der Waals surface area contributed by atoms with E-state index in [1.807, 2.05) is 20.8 Å². The van der Waals surface area contributed by atoms with E-state index in [4.69, 9.17) is 4.74 Å². The van der Waals surface area contributed by atoms with Gasteiger partial charge in [0.15, 0.2) is 0 Å². The fourth-order valence-corrected chi connectivity index (χ4v) is 4.73. The Morgan fingerprint density at radius 1 is 1.03 bits per heavy atom. The first-order valence-corrected chi connectivity index (χ1v) is 11.4. The molecule has 4 rings (SSSR count). The maximum absolute atomic E-state index is 13.9. The van der Waals surface area contributed by atoms with Crippen molar-refractivity contribution in [3.05, 3.63) is 41.8 Å². The molecule has 0 bridgehead atoms. The van der Waals surface area contributed by atoms with E-state index in [0.29, 0.717) is 11.6 Å². The minimum atomic E-state index is -0.659. The zero-order valence-electron chi connectivity index (χ0n) is 19.9. The van der Waals surface area contributed by atoms with Gasteiger partial charge in [-0.1, -0.05) is 6.07 Å². The molecule has 0 radical (unpaired) electrons. The van der Waals surface area contributed by atoms with Crippen LogP contribution < -0.4 is 21.3 Å². The first kappa shape index (κ1) is 23.7. The van der Waals surface area contributed by atoms with Gasteiger partial charge in [0.05, 0.1) is 5.56 Å². The number of ether oxygens (including phenoxy) is 1. The van der Waals surface area contributed by atoms with E-state index in [0.717, 1.165) is 25.7 Å². The highest BCUT2D eigenvalue weighted by molar-refractivity contribution is 6.07. The van der Waals surface area contributed by atoms with Gasteiger partial charge in [0.1, 0.15) is 23.1 Å². The molecule has 2 aromatic rings. The Bertz CT molecular complexity index is 1070. The summed E-state index contributed by atoms with van der Waals surface area (Å²) in [6, 6.07) is 7.99. The highest BCUT2D eigenvalue weighted by Gasteiger charge is 2.53. The van der Waals surface area contributed by atoms with E-state index in [1.54, 1.807) is 25.2 Å². The van der Waals surface area contributed by atoms with Crippen LogP contribution in [0.15, 0.2) is 30.3 Å². The summed E-state index contributed by atoms with van der Waals surface area (Å²) in [4.78, 5) is 33.0. The second-order valence-electron chi connectivity index (χ2n) is 10.1. The summed E-state index contributed by atoms with van der Waals surface area (Å²) >= 11 is 0. The molecule has 1 spiro atoms. The molecule has 0 unspecified atom stereocenters. The van der Waals surface area contributed by atoms with Crippen molar-refractivity contribution in [1.82, 2.24) is 15.3 Å². The molecular formula is C24H31FN6O3. The first-order valence-electron chi connectivity index (χ1n) is 11.4. The summed E-state index contributed by atoms with van der Waals surface area (Å²) in [5.74, 6) is 0.134. The molecule has 9 nitrogen and oxygen atoms in total. The van der Waals surface area contributed by atoms with Crippen molar-refractivity contribution in [2.45, 2.75) is 64.1 Å². The highest BCUT2D eigenvalue weighted by Crippen LogP contribution is 2.56. The largest absolute Gasteiger partial charge is 0.444 e. The van der Waals surface area contributed by atoms with Gasteiger partial charge in [-0.05, 0) is 76.1 Å². The topological polar surface area (TPSA) is 117 Å². The highest BCUT2D eigenvalue weighted by atomic mass is 19.1. The molecule has 2 heterocycles. The van der Waals surface area contributed by atoms with Gasteiger partial charge in [-0.25, -0.2) is 14.8 Å². The number of hydrogen-bond donors (Lipinski definition) is 4. The van der Waals surface area contributed by atoms with E-state index in [2.05, 4.69) is 31.2 Å². The molecule has 2 aliphatic rings. The molecule has 0 saturated heterocycles. The second kappa shape index (κ2) is 9.08. The summed E-state index contributed by atoms with van der Waals surface area (Å²) in [5, 5.41) is 11.8. The van der Waals surface area contributed by atoms with Crippen LogP contribution in [0.4, 0.5) is 26.6 Å². The lowest BCUT2D eigenvalue weighted by Gasteiger charge is -2.57. The number of carbonyl (C=O) groups is 2. The minimum Gasteiger partial charge on any atom is -0.444 e. The van der Waals surface area contributed by atoms with Crippen LogP contribution in [0.3, 0.4) is 0 Å². The monoisotopic (exact) mass is 470 g/mol. The zero-order chi connectivity index (χ0) is 24.5. The molecule has 10 heteroatoms. The number of nitrogens with zero attached hydrogens (tertiary/aromatic N) is 2. The molecule has 2 amide bonds. The number of amides is 2. The lowest BCUT2D eigenvalue weighted by atomic mass is 9.52. The van der Waals surface area contributed by atoms with E-state index in [9.17, 15) is 14.0 Å². The van der Waals surface area contributed by atoms with Gasteiger partial charge in [0, 0.05) is 19.1 Å². The van der Waals surface area contributed by atoms with Crippen molar-refractivity contribution in [1.29, 1.82) is 0 Å². The standard InChI is InChI=1S/C24H31FN6O3/c1-23(2,3)34-22(33)28-15-12-24(13-15)10-14(11-24)27-20-16(8-9-17(25)29-20)21(32)31-19-7-5-6-18(26-4)30-19/h5-9,14-15H,10-13H2,1-4H3,(H,27,29)(H,28,33)(H2,26,30,31,32). The molecule has 0 atom stereocenters. The predicted octanol–water partition coefficient (Wildman–Crippen LogP) is 4.16. The minimum absolute atomic E-state index is 0.0778. The molecule has 4 N–H and O–H groups in total. The number of halogens is 1. The first-order chi connectivity index (χ1) is 16.0. The Kier molecular flexibility index (Phi) is 6.33. The number of aromatic nitrogens is 2. The summed E-state index contributed by atoms with van der Waals surface area (Å²) < 4.78 is 19.2. The number of anilines is 3. The van der Waals surface area contributed by atoms with E-state index in [-0.39, 0.29) is 28.9 Å². The lowest BCUT2D eigenvalue weighted by Crippen LogP contribution is -2.59. The third kappa shape index (κ3) is 5.55. The van der Waals surface area contributed by atoms with Crippen molar-refractivity contribution in [3.63, 3.8) is 0 Å². The maximum atomic E-state index is 13.9. The molecule has 0 aliphatic heterocycles. The van der Waals surface area contributed by atoms with Crippen LogP contribution in [0.25, 0.3) is 0 Å². The van der Waals surface area contributed by atoms with Crippen LogP contribution in [0.1, 0.15) is 56.8 Å². The molecule has 2 aromatic heterocycles. The van der Waals surface area contributed by atoms with Crippen LogP contribution in [-0.4, -0.2) is 46.7 Å². The summed E-state index contributed by atoms with van der Waals surface area (Å²) in [5.41, 5.74) is -0.118. The smallest absolute Gasteiger partial charge is 0.407 e. The number of carbonyl (C=O) groups excluding carboxylic acids is 2. The van der Waals surface area contributed by atoms with Gasteiger partial charge in [-0.3, -0.25) is 4.79 Å². The number of rotatable bonds is 6. The predicted molar refractivity (Wildman–Crippen MR) is 127 cm³/mol. The van der Waals surface area contributed by atoms with Crippen molar-refractivity contribution >= 4 is 29.5 Å². The number of hydrogen-bond acceptors (Lipinski definition) is 7. The molecular weight excluding hydrogens is 439 g/mol. The van der Waals surface area contributed by atoms with Gasteiger partial charge >= 0.3 is 6.09 Å². The van der Waals surface area contributed by atoms with Crippen molar-refractivity contribution < 1.29 is 18.7 Å². The molecule has 2 fully saturated rings. The van der Waals surface area contributed by atoms with E-state index >= 15 is 0 Å². The summed E-state index contributed by atoms with van der Waals surface area (Å²) in [6.45, 7) is 5.51. The van der Waals surface area contributed by atoms with Gasteiger partial charge in [-0.15, -0.1) is 0 Å². The Hall–Kier alpha value is -3.43. The van der Waals surface area contributed by atoms with Crippen molar-refractivity contribution in [2.75, 3.05) is 23.0 Å². The van der Waals surface area contributed by atoms with Gasteiger partial charge in [-0.2, -0.15) is 4.39 Å². The Morgan fingerprint density at radius 3 is 2.38 bits per heavy atom. The summed E-state index contributed by atoms with van der Waals surface area (Å²) in [6.07, 6.45) is 3.09. The van der Waals surface area contributed by atoms with Crippen molar-refractivity contribution in [3.8, 4) is 0 Å². The fraction of sp³-hybridized carbons (Fsp3) is 0.500. The molecule has 0 aromatic carbocycles. The molecule has 182 valence electrons. The average molecular weight is 471 g/mol. The molecule has 2 saturated carbocycles. The number of pyridine rings is 2. The third-order valence-electron chi connectivity index (χ3n) is 6.13. The Balaban J connectivity index is 1.32. The van der Waals surface area contributed by atoms with Crippen LogP contribution in [-0.2, 0) is 4.74 Å². The van der Waals surface area contributed by atoms with E-state index in [1.165, 1.54) is 12.1 Å². The average Bonchev–Trinajstić information content (AvgIpc) is 2.69.